The van der Waals surface area contributed by atoms with Gasteiger partial charge in [-0.15, -0.1) is 0 Å². The highest BCUT2D eigenvalue weighted by Gasteiger charge is 2.41. The molecule has 0 saturated heterocycles. The number of benzene rings is 1. The van der Waals surface area contributed by atoms with E-state index >= 15 is 0 Å². The van der Waals surface area contributed by atoms with Gasteiger partial charge in [0.2, 0.25) is 0 Å². The van der Waals surface area contributed by atoms with Gasteiger partial charge < -0.3 is 15.6 Å². The summed E-state index contributed by atoms with van der Waals surface area (Å²) in [4.78, 5) is 21.5. The summed E-state index contributed by atoms with van der Waals surface area (Å²) < 4.78 is 39.7. The Morgan fingerprint density at radius 1 is 1.17 bits per heavy atom. The number of aromatic amines is 1. The molecule has 150 valence electrons. The van der Waals surface area contributed by atoms with Gasteiger partial charge in [0.05, 0.1) is 17.7 Å². The number of H-pyrrole nitrogens is 1. The van der Waals surface area contributed by atoms with E-state index in [1.54, 1.807) is 12.1 Å². The molecule has 0 radical (unpaired) electrons. The third-order valence-electron chi connectivity index (χ3n) is 5.10. The summed E-state index contributed by atoms with van der Waals surface area (Å²) in [6, 6.07) is 12.5. The number of carbonyl (C=O) groups excluding carboxylic acids is 1. The number of pyridine rings is 1. The van der Waals surface area contributed by atoms with Crippen molar-refractivity contribution >= 4 is 11.7 Å². The summed E-state index contributed by atoms with van der Waals surface area (Å²) in [6.07, 6.45) is -3.83. The number of nitrogens with two attached hydrogens (primary N) is 1. The average Bonchev–Trinajstić information content (AvgIpc) is 3.07. The number of likely N-dealkylation sites (N-methyl/N-ethyl adjacent to an activating group) is 1. The molecule has 1 aliphatic heterocycles. The molecule has 0 fully saturated rings. The fourth-order valence-corrected chi connectivity index (χ4v) is 3.90. The van der Waals surface area contributed by atoms with E-state index in [0.717, 1.165) is 5.56 Å². The van der Waals surface area contributed by atoms with Crippen LogP contribution in [0.1, 0.15) is 28.4 Å². The number of rotatable bonds is 3. The molecule has 2 aromatic heterocycles. The van der Waals surface area contributed by atoms with Crippen LogP contribution < -0.4 is 5.73 Å². The maximum atomic E-state index is 13.2. The van der Waals surface area contributed by atoms with Crippen LogP contribution in [-0.2, 0) is 0 Å². The summed E-state index contributed by atoms with van der Waals surface area (Å²) >= 11 is 0. The maximum Gasteiger partial charge on any atom is 0.389 e. The fourth-order valence-electron chi connectivity index (χ4n) is 3.90. The highest BCUT2D eigenvalue weighted by atomic mass is 19.4. The molecular formula is C21H19F3N4O. The van der Waals surface area contributed by atoms with Crippen LogP contribution >= 0.6 is 0 Å². The normalized spacial score (nSPS) is 16.8. The largest absolute Gasteiger partial charge is 0.389 e. The summed E-state index contributed by atoms with van der Waals surface area (Å²) in [5.41, 5.74) is 8.95. The molecule has 3 aromatic rings. The molecule has 1 aliphatic rings. The second-order valence-corrected chi connectivity index (χ2v) is 7.20. The van der Waals surface area contributed by atoms with Crippen molar-refractivity contribution in [1.82, 2.24) is 14.9 Å². The lowest BCUT2D eigenvalue weighted by Crippen LogP contribution is -2.38. The maximum absolute atomic E-state index is 13.2. The van der Waals surface area contributed by atoms with E-state index in [1.807, 2.05) is 30.3 Å². The standard InChI is InChI=1S/C21H19F3N4O/c1-28-11-14(10-21(22,23)24)19-17(20(28)29)16(12-5-3-2-4-6-12)18(27-19)13-7-8-26-15(25)9-13/h2-9,14,27H,10-11H2,1H3,(H2,25,26). The van der Waals surface area contributed by atoms with Crippen molar-refractivity contribution in [3.05, 3.63) is 59.9 Å². The van der Waals surface area contributed by atoms with Crippen LogP contribution in [0.15, 0.2) is 48.7 Å². The van der Waals surface area contributed by atoms with Gasteiger partial charge >= 0.3 is 6.18 Å². The molecule has 0 saturated carbocycles. The Balaban J connectivity index is 1.99. The Morgan fingerprint density at radius 3 is 2.55 bits per heavy atom. The first-order valence-corrected chi connectivity index (χ1v) is 9.10. The zero-order valence-electron chi connectivity index (χ0n) is 15.6. The van der Waals surface area contributed by atoms with E-state index in [1.165, 1.54) is 18.1 Å². The number of nitrogens with zero attached hydrogens (tertiary/aromatic N) is 2. The first kappa shape index (κ1) is 19.0. The van der Waals surface area contributed by atoms with Crippen molar-refractivity contribution in [2.24, 2.45) is 0 Å². The van der Waals surface area contributed by atoms with Gasteiger partial charge in [0.15, 0.2) is 0 Å². The first-order chi connectivity index (χ1) is 13.7. The molecule has 1 aromatic carbocycles. The number of hydrogen-bond donors (Lipinski definition) is 2. The van der Waals surface area contributed by atoms with Gasteiger partial charge in [0, 0.05) is 42.5 Å². The van der Waals surface area contributed by atoms with Crippen LogP contribution in [0.25, 0.3) is 22.4 Å². The molecule has 8 heteroatoms. The van der Waals surface area contributed by atoms with Crippen molar-refractivity contribution in [2.45, 2.75) is 18.5 Å². The number of nitrogen functional groups attached to an aromatic ring is 1. The number of hydrogen-bond acceptors (Lipinski definition) is 3. The zero-order valence-corrected chi connectivity index (χ0v) is 15.6. The Bertz CT molecular complexity index is 1060. The van der Waals surface area contributed by atoms with Gasteiger partial charge in [-0.05, 0) is 17.7 Å². The van der Waals surface area contributed by atoms with Crippen LogP contribution in [0, 0.1) is 0 Å². The SMILES string of the molecule is CN1CC(CC(F)(F)F)c2[nH]c(-c3ccnc(N)c3)c(-c3ccccc3)c2C1=O. The molecule has 3 heterocycles. The number of carbonyl (C=O) groups is 1. The van der Waals surface area contributed by atoms with Crippen molar-refractivity contribution in [1.29, 1.82) is 0 Å². The molecule has 5 nitrogen and oxygen atoms in total. The summed E-state index contributed by atoms with van der Waals surface area (Å²) in [6.45, 7) is -0.00197. The van der Waals surface area contributed by atoms with E-state index in [4.69, 9.17) is 5.73 Å². The van der Waals surface area contributed by atoms with E-state index in [0.29, 0.717) is 22.5 Å². The molecule has 0 bridgehead atoms. The molecule has 1 atom stereocenters. The zero-order chi connectivity index (χ0) is 20.8. The van der Waals surface area contributed by atoms with E-state index in [-0.39, 0.29) is 23.8 Å². The molecule has 0 aliphatic carbocycles. The lowest BCUT2D eigenvalue weighted by atomic mass is 9.89. The van der Waals surface area contributed by atoms with E-state index in [9.17, 15) is 18.0 Å². The average molecular weight is 400 g/mol. The first-order valence-electron chi connectivity index (χ1n) is 9.10. The fraction of sp³-hybridized carbons (Fsp3) is 0.238. The minimum absolute atomic E-state index is 0.00197. The van der Waals surface area contributed by atoms with Crippen LogP contribution in [0.3, 0.4) is 0 Å². The van der Waals surface area contributed by atoms with Crippen molar-refractivity contribution in [2.75, 3.05) is 19.3 Å². The van der Waals surface area contributed by atoms with E-state index < -0.39 is 18.5 Å². The van der Waals surface area contributed by atoms with Gasteiger partial charge in [-0.1, -0.05) is 30.3 Å². The van der Waals surface area contributed by atoms with Crippen LogP contribution in [0.2, 0.25) is 0 Å². The summed E-state index contributed by atoms with van der Waals surface area (Å²) in [7, 11) is 1.53. The lowest BCUT2D eigenvalue weighted by Gasteiger charge is -2.30. The Labute approximate surface area is 165 Å². The predicted octanol–water partition coefficient (Wildman–Crippen LogP) is 4.45. The van der Waals surface area contributed by atoms with Crippen molar-refractivity contribution in [3.8, 4) is 22.4 Å². The topological polar surface area (TPSA) is 75.0 Å². The second kappa shape index (κ2) is 6.95. The van der Waals surface area contributed by atoms with Gasteiger partial charge in [0.1, 0.15) is 5.82 Å². The number of aromatic nitrogens is 2. The number of nitrogens with one attached hydrogen (secondary N) is 1. The van der Waals surface area contributed by atoms with Crippen molar-refractivity contribution < 1.29 is 18.0 Å². The number of halogens is 3. The molecule has 3 N–H and O–H groups in total. The monoisotopic (exact) mass is 400 g/mol. The van der Waals surface area contributed by atoms with Crippen molar-refractivity contribution in [3.63, 3.8) is 0 Å². The van der Waals surface area contributed by atoms with Gasteiger partial charge in [-0.25, -0.2) is 4.98 Å². The molecule has 4 rings (SSSR count). The lowest BCUT2D eigenvalue weighted by molar-refractivity contribution is -0.139. The molecule has 1 amide bonds. The minimum Gasteiger partial charge on any atom is -0.384 e. The summed E-state index contributed by atoms with van der Waals surface area (Å²) in [5.74, 6) is -0.894. The smallest absolute Gasteiger partial charge is 0.384 e. The van der Waals surface area contributed by atoms with Crippen LogP contribution in [-0.4, -0.2) is 40.5 Å². The number of anilines is 1. The second-order valence-electron chi connectivity index (χ2n) is 7.20. The molecule has 29 heavy (non-hydrogen) atoms. The van der Waals surface area contributed by atoms with Crippen LogP contribution in [0.4, 0.5) is 19.0 Å². The highest BCUT2D eigenvalue weighted by molar-refractivity contribution is 6.07. The molecule has 0 spiro atoms. The van der Waals surface area contributed by atoms with Crippen LogP contribution in [0.5, 0.6) is 0 Å². The van der Waals surface area contributed by atoms with Gasteiger partial charge in [0.25, 0.3) is 5.91 Å². The minimum atomic E-state index is -4.34. The number of alkyl halides is 3. The Kier molecular flexibility index (Phi) is 4.56. The Hall–Kier alpha value is -3.29. The third kappa shape index (κ3) is 3.57. The quantitative estimate of drug-likeness (QED) is 0.682. The summed E-state index contributed by atoms with van der Waals surface area (Å²) in [5, 5.41) is 0. The Morgan fingerprint density at radius 2 is 1.90 bits per heavy atom. The highest BCUT2D eigenvalue weighted by Crippen LogP contribution is 2.44. The molecular weight excluding hydrogens is 381 g/mol. The van der Waals surface area contributed by atoms with Gasteiger partial charge in [-0.2, -0.15) is 13.2 Å². The molecule has 1 unspecified atom stereocenters. The van der Waals surface area contributed by atoms with E-state index in [2.05, 4.69) is 9.97 Å². The predicted molar refractivity (Wildman–Crippen MR) is 104 cm³/mol. The van der Waals surface area contributed by atoms with Gasteiger partial charge in [-0.3, -0.25) is 4.79 Å². The third-order valence-corrected chi connectivity index (χ3v) is 5.10. The number of fused-ring (bicyclic) bond motifs is 1. The number of amides is 1.